The Balaban J connectivity index is 2.79. The van der Waals surface area contributed by atoms with E-state index in [9.17, 15) is 0 Å². The van der Waals surface area contributed by atoms with Crippen LogP contribution in [-0.4, -0.2) is 22.1 Å². The average molecular weight is 251 g/mol. The predicted octanol–water partition coefficient (Wildman–Crippen LogP) is 2.80. The third-order valence-corrected chi connectivity index (χ3v) is 3.34. The summed E-state index contributed by atoms with van der Waals surface area (Å²) in [6.45, 7) is 10.8. The van der Waals surface area contributed by atoms with E-state index < -0.39 is 0 Å². The molecule has 0 amide bonds. The van der Waals surface area contributed by atoms with Crippen LogP contribution in [0.2, 0.25) is 0 Å². The summed E-state index contributed by atoms with van der Waals surface area (Å²) in [6, 6.07) is 2.43. The van der Waals surface area contributed by atoms with Crippen LogP contribution in [0.4, 0.5) is 0 Å². The van der Waals surface area contributed by atoms with Crippen molar-refractivity contribution in [3.05, 3.63) is 17.5 Å². The standard InChI is InChI=1S/C14H25N3O/c1-6-14(15,7-2)9-18-13-16-11(5)8-12(17-13)10(3)4/h8,10H,6-7,9,15H2,1-5H3. The fourth-order valence-electron chi connectivity index (χ4n) is 1.59. The molecule has 4 heteroatoms. The summed E-state index contributed by atoms with van der Waals surface area (Å²) in [7, 11) is 0. The molecule has 102 valence electrons. The fourth-order valence-corrected chi connectivity index (χ4v) is 1.59. The molecule has 0 fully saturated rings. The highest BCUT2D eigenvalue weighted by Crippen LogP contribution is 2.17. The van der Waals surface area contributed by atoms with Gasteiger partial charge in [-0.05, 0) is 31.7 Å². The number of ether oxygens (including phenoxy) is 1. The molecule has 0 atom stereocenters. The normalized spacial score (nSPS) is 11.9. The smallest absolute Gasteiger partial charge is 0.316 e. The van der Waals surface area contributed by atoms with Gasteiger partial charge in [0.2, 0.25) is 0 Å². The van der Waals surface area contributed by atoms with E-state index in [1.807, 2.05) is 13.0 Å². The van der Waals surface area contributed by atoms with E-state index in [1.165, 1.54) is 0 Å². The zero-order chi connectivity index (χ0) is 13.8. The second-order valence-corrected chi connectivity index (χ2v) is 5.23. The minimum absolute atomic E-state index is 0.287. The lowest BCUT2D eigenvalue weighted by atomic mass is 9.96. The molecular weight excluding hydrogens is 226 g/mol. The maximum absolute atomic E-state index is 6.20. The van der Waals surface area contributed by atoms with Crippen molar-refractivity contribution in [1.29, 1.82) is 0 Å². The van der Waals surface area contributed by atoms with Crippen LogP contribution in [0, 0.1) is 6.92 Å². The average Bonchev–Trinajstić information content (AvgIpc) is 2.35. The second kappa shape index (κ2) is 6.14. The summed E-state index contributed by atoms with van der Waals surface area (Å²) in [5, 5.41) is 0. The number of hydrogen-bond donors (Lipinski definition) is 1. The van der Waals surface area contributed by atoms with E-state index >= 15 is 0 Å². The first-order valence-electron chi connectivity index (χ1n) is 6.67. The van der Waals surface area contributed by atoms with Crippen LogP contribution < -0.4 is 10.5 Å². The molecule has 0 aliphatic heterocycles. The van der Waals surface area contributed by atoms with Crippen molar-refractivity contribution in [2.75, 3.05) is 6.61 Å². The molecule has 2 N–H and O–H groups in total. The molecule has 0 aromatic carbocycles. The van der Waals surface area contributed by atoms with Gasteiger partial charge in [-0.15, -0.1) is 0 Å². The Bertz CT molecular complexity index is 387. The van der Waals surface area contributed by atoms with Crippen molar-refractivity contribution in [2.45, 2.75) is 58.9 Å². The Kier molecular flexibility index (Phi) is 5.08. The highest BCUT2D eigenvalue weighted by atomic mass is 16.5. The molecule has 0 spiro atoms. The molecule has 1 aromatic heterocycles. The van der Waals surface area contributed by atoms with Crippen molar-refractivity contribution in [2.24, 2.45) is 5.73 Å². The lowest BCUT2D eigenvalue weighted by Gasteiger charge is -2.25. The topological polar surface area (TPSA) is 61.0 Å². The van der Waals surface area contributed by atoms with Crippen LogP contribution in [0.5, 0.6) is 6.01 Å². The molecule has 0 aliphatic rings. The van der Waals surface area contributed by atoms with E-state index in [4.69, 9.17) is 10.5 Å². The van der Waals surface area contributed by atoms with Crippen molar-refractivity contribution >= 4 is 0 Å². The van der Waals surface area contributed by atoms with Crippen molar-refractivity contribution < 1.29 is 4.74 Å². The van der Waals surface area contributed by atoms with Crippen molar-refractivity contribution in [3.8, 4) is 6.01 Å². The molecule has 0 bridgehead atoms. The van der Waals surface area contributed by atoms with Crippen LogP contribution >= 0.6 is 0 Å². The van der Waals surface area contributed by atoms with Gasteiger partial charge in [-0.3, -0.25) is 0 Å². The first kappa shape index (κ1) is 14.9. The summed E-state index contributed by atoms with van der Waals surface area (Å²) in [4.78, 5) is 8.71. The van der Waals surface area contributed by atoms with Crippen molar-refractivity contribution in [3.63, 3.8) is 0 Å². The number of hydrogen-bond acceptors (Lipinski definition) is 4. The maximum Gasteiger partial charge on any atom is 0.316 e. The second-order valence-electron chi connectivity index (χ2n) is 5.23. The van der Waals surface area contributed by atoms with E-state index in [1.54, 1.807) is 0 Å². The van der Waals surface area contributed by atoms with Gasteiger partial charge in [0.1, 0.15) is 6.61 Å². The minimum Gasteiger partial charge on any atom is -0.461 e. The summed E-state index contributed by atoms with van der Waals surface area (Å²) in [6.07, 6.45) is 1.76. The summed E-state index contributed by atoms with van der Waals surface area (Å²) >= 11 is 0. The zero-order valence-corrected chi connectivity index (χ0v) is 12.2. The molecule has 0 saturated carbocycles. The van der Waals surface area contributed by atoms with Gasteiger partial charge in [-0.1, -0.05) is 27.7 Å². The SMILES string of the molecule is CCC(N)(CC)COc1nc(C)cc(C(C)C)n1. The third kappa shape index (κ3) is 3.95. The number of nitrogens with two attached hydrogens (primary N) is 1. The number of aromatic nitrogens is 2. The molecule has 18 heavy (non-hydrogen) atoms. The number of nitrogens with zero attached hydrogens (tertiary/aromatic N) is 2. The minimum atomic E-state index is -0.287. The van der Waals surface area contributed by atoms with E-state index in [2.05, 4.69) is 37.7 Å². The quantitative estimate of drug-likeness (QED) is 0.844. The van der Waals surface area contributed by atoms with Gasteiger partial charge >= 0.3 is 6.01 Å². The first-order valence-corrected chi connectivity index (χ1v) is 6.67. The van der Waals surface area contributed by atoms with Crippen LogP contribution in [0.15, 0.2) is 6.07 Å². The summed E-state index contributed by atoms with van der Waals surface area (Å²) in [5.41, 5.74) is 7.85. The molecule has 1 aromatic rings. The maximum atomic E-state index is 6.20. The van der Waals surface area contributed by atoms with Gasteiger partial charge in [0.05, 0.1) is 5.69 Å². The van der Waals surface area contributed by atoms with Gasteiger partial charge in [0, 0.05) is 11.2 Å². The van der Waals surface area contributed by atoms with E-state index in [-0.39, 0.29) is 5.54 Å². The predicted molar refractivity (Wildman–Crippen MR) is 73.9 cm³/mol. The number of rotatable bonds is 6. The van der Waals surface area contributed by atoms with Crippen LogP contribution in [-0.2, 0) is 0 Å². The molecule has 0 unspecified atom stereocenters. The van der Waals surface area contributed by atoms with Crippen LogP contribution in [0.3, 0.4) is 0 Å². The van der Waals surface area contributed by atoms with E-state index in [0.717, 1.165) is 24.2 Å². The summed E-state index contributed by atoms with van der Waals surface area (Å²) in [5.74, 6) is 0.369. The van der Waals surface area contributed by atoms with Crippen LogP contribution in [0.25, 0.3) is 0 Å². The van der Waals surface area contributed by atoms with Gasteiger partial charge in [-0.25, -0.2) is 4.98 Å². The lowest BCUT2D eigenvalue weighted by molar-refractivity contribution is 0.193. The zero-order valence-electron chi connectivity index (χ0n) is 12.2. The monoisotopic (exact) mass is 251 g/mol. The molecule has 0 aliphatic carbocycles. The molecule has 0 saturated heterocycles. The number of aryl methyl sites for hydroxylation is 1. The van der Waals surface area contributed by atoms with Gasteiger partial charge in [-0.2, -0.15) is 4.98 Å². The highest BCUT2D eigenvalue weighted by Gasteiger charge is 2.22. The van der Waals surface area contributed by atoms with Gasteiger partial charge in [0.25, 0.3) is 0 Å². The van der Waals surface area contributed by atoms with Crippen LogP contribution in [0.1, 0.15) is 57.8 Å². The Hall–Kier alpha value is -1.16. The molecule has 4 nitrogen and oxygen atoms in total. The Morgan fingerprint density at radius 2 is 1.89 bits per heavy atom. The van der Waals surface area contributed by atoms with Crippen molar-refractivity contribution in [1.82, 2.24) is 9.97 Å². The summed E-state index contributed by atoms with van der Waals surface area (Å²) < 4.78 is 5.68. The Labute approximate surface area is 110 Å². The molecule has 1 rings (SSSR count). The largest absolute Gasteiger partial charge is 0.461 e. The molecule has 0 radical (unpaired) electrons. The molecule has 1 heterocycles. The van der Waals surface area contributed by atoms with Gasteiger partial charge < -0.3 is 10.5 Å². The Morgan fingerprint density at radius 1 is 1.28 bits per heavy atom. The Morgan fingerprint density at radius 3 is 2.39 bits per heavy atom. The van der Waals surface area contributed by atoms with Gasteiger partial charge in [0.15, 0.2) is 0 Å². The molecular formula is C14H25N3O. The highest BCUT2D eigenvalue weighted by molar-refractivity contribution is 5.15. The fraction of sp³-hybridized carbons (Fsp3) is 0.714. The first-order chi connectivity index (χ1) is 8.40. The van der Waals surface area contributed by atoms with E-state index in [0.29, 0.717) is 18.5 Å². The lowest BCUT2D eigenvalue weighted by Crippen LogP contribution is -2.44. The third-order valence-electron chi connectivity index (χ3n) is 3.34.